The maximum absolute atomic E-state index is 8.82. The van der Waals surface area contributed by atoms with E-state index in [2.05, 4.69) is 6.92 Å². The van der Waals surface area contributed by atoms with Crippen molar-refractivity contribution < 1.29 is 14.6 Å². The Kier molecular flexibility index (Phi) is 5.03. The summed E-state index contributed by atoms with van der Waals surface area (Å²) in [7, 11) is 0. The van der Waals surface area contributed by atoms with Gasteiger partial charge in [0.05, 0.1) is 31.0 Å². The summed E-state index contributed by atoms with van der Waals surface area (Å²) < 4.78 is 11.4. The Hall–Kier alpha value is -0.120. The van der Waals surface area contributed by atoms with E-state index < -0.39 is 0 Å². The molecule has 1 aliphatic rings. The van der Waals surface area contributed by atoms with Gasteiger partial charge in [0.15, 0.2) is 0 Å². The summed E-state index contributed by atoms with van der Waals surface area (Å²) in [6, 6.07) is 0. The molecule has 2 atom stereocenters. The summed E-state index contributed by atoms with van der Waals surface area (Å²) in [5, 5.41) is 8.82. The molecule has 1 fully saturated rings. The fourth-order valence-electron chi connectivity index (χ4n) is 2.11. The molecule has 2 unspecified atom stereocenters. The third kappa shape index (κ3) is 4.49. The lowest BCUT2D eigenvalue weighted by atomic mass is 10.1. The molecule has 0 amide bonds. The number of hydrogen-bond donors (Lipinski definition) is 1. The summed E-state index contributed by atoms with van der Waals surface area (Å²) in [6.45, 7) is 6.73. The van der Waals surface area contributed by atoms with Crippen LogP contribution in [0.15, 0.2) is 0 Å². The second-order valence-electron chi connectivity index (χ2n) is 4.91. The van der Waals surface area contributed by atoms with Crippen LogP contribution in [0.4, 0.5) is 0 Å². The van der Waals surface area contributed by atoms with Crippen LogP contribution < -0.4 is 0 Å². The quantitative estimate of drug-likeness (QED) is 0.739. The monoisotopic (exact) mass is 216 g/mol. The van der Waals surface area contributed by atoms with E-state index in [1.165, 1.54) is 12.8 Å². The van der Waals surface area contributed by atoms with Gasteiger partial charge < -0.3 is 14.6 Å². The Morgan fingerprint density at radius 2 is 1.80 bits per heavy atom. The molecule has 0 heterocycles. The van der Waals surface area contributed by atoms with Crippen molar-refractivity contribution in [3.8, 4) is 0 Å². The Morgan fingerprint density at radius 1 is 1.20 bits per heavy atom. The minimum absolute atomic E-state index is 0.0607. The van der Waals surface area contributed by atoms with Crippen molar-refractivity contribution in [2.75, 3.05) is 13.2 Å². The molecule has 0 aliphatic heterocycles. The molecule has 0 spiro atoms. The molecule has 3 heteroatoms. The van der Waals surface area contributed by atoms with E-state index in [-0.39, 0.29) is 24.4 Å². The van der Waals surface area contributed by atoms with Gasteiger partial charge in [-0.1, -0.05) is 12.8 Å². The van der Waals surface area contributed by atoms with Crippen molar-refractivity contribution >= 4 is 0 Å². The molecular formula is C12H24O3. The summed E-state index contributed by atoms with van der Waals surface area (Å²) in [6.07, 6.45) is 4.89. The van der Waals surface area contributed by atoms with Crippen LogP contribution in [0.25, 0.3) is 0 Å². The maximum atomic E-state index is 8.82. The SMILES string of the molecule is CC(CO)OCC(C)OC1(C)CCCC1. The predicted molar refractivity (Wildman–Crippen MR) is 59.9 cm³/mol. The minimum atomic E-state index is -0.0903. The standard InChI is InChI=1S/C12H24O3/c1-10(8-13)14-9-11(2)15-12(3)6-4-5-7-12/h10-11,13H,4-9H2,1-3H3. The fourth-order valence-corrected chi connectivity index (χ4v) is 2.11. The summed E-state index contributed by atoms with van der Waals surface area (Å²) in [5.74, 6) is 0. The second-order valence-corrected chi connectivity index (χ2v) is 4.91. The smallest absolute Gasteiger partial charge is 0.0788 e. The highest BCUT2D eigenvalue weighted by molar-refractivity contribution is 4.82. The van der Waals surface area contributed by atoms with Gasteiger partial charge in [0.2, 0.25) is 0 Å². The van der Waals surface area contributed by atoms with E-state index in [1.54, 1.807) is 0 Å². The molecule has 1 rings (SSSR count). The average molecular weight is 216 g/mol. The van der Waals surface area contributed by atoms with Crippen LogP contribution in [0.2, 0.25) is 0 Å². The van der Waals surface area contributed by atoms with Crippen molar-refractivity contribution in [2.24, 2.45) is 0 Å². The summed E-state index contributed by atoms with van der Waals surface area (Å²) in [5.41, 5.74) is 0.0607. The van der Waals surface area contributed by atoms with E-state index in [9.17, 15) is 0 Å². The van der Waals surface area contributed by atoms with Crippen LogP contribution in [0.1, 0.15) is 46.5 Å². The lowest BCUT2D eigenvalue weighted by molar-refractivity contribution is -0.112. The zero-order valence-corrected chi connectivity index (χ0v) is 10.2. The van der Waals surface area contributed by atoms with Crippen LogP contribution in [0, 0.1) is 0 Å². The van der Waals surface area contributed by atoms with Crippen LogP contribution in [-0.4, -0.2) is 36.1 Å². The fraction of sp³-hybridized carbons (Fsp3) is 1.00. The van der Waals surface area contributed by atoms with Gasteiger partial charge >= 0.3 is 0 Å². The Balaban J connectivity index is 2.20. The summed E-state index contributed by atoms with van der Waals surface area (Å²) >= 11 is 0. The third-order valence-corrected chi connectivity index (χ3v) is 3.02. The van der Waals surface area contributed by atoms with Crippen LogP contribution in [-0.2, 0) is 9.47 Å². The molecule has 15 heavy (non-hydrogen) atoms. The van der Waals surface area contributed by atoms with Gasteiger partial charge in [-0.15, -0.1) is 0 Å². The average Bonchev–Trinajstić information content (AvgIpc) is 2.61. The predicted octanol–water partition coefficient (Wildman–Crippen LogP) is 2.12. The van der Waals surface area contributed by atoms with Gasteiger partial charge in [0, 0.05) is 0 Å². The van der Waals surface area contributed by atoms with Crippen molar-refractivity contribution in [1.29, 1.82) is 0 Å². The molecule has 0 bridgehead atoms. The van der Waals surface area contributed by atoms with Gasteiger partial charge in [-0.3, -0.25) is 0 Å². The normalized spacial score (nSPS) is 24.0. The highest BCUT2D eigenvalue weighted by Gasteiger charge is 2.31. The van der Waals surface area contributed by atoms with Crippen molar-refractivity contribution in [3.05, 3.63) is 0 Å². The van der Waals surface area contributed by atoms with E-state index in [1.807, 2.05) is 13.8 Å². The van der Waals surface area contributed by atoms with Crippen molar-refractivity contribution in [3.63, 3.8) is 0 Å². The molecule has 1 saturated carbocycles. The first-order valence-corrected chi connectivity index (χ1v) is 5.96. The Bertz CT molecular complexity index is 176. The Labute approximate surface area is 92.8 Å². The molecule has 0 saturated heterocycles. The van der Waals surface area contributed by atoms with Crippen LogP contribution in [0.3, 0.4) is 0 Å². The largest absolute Gasteiger partial charge is 0.394 e. The highest BCUT2D eigenvalue weighted by Crippen LogP contribution is 2.33. The first-order valence-electron chi connectivity index (χ1n) is 5.96. The molecular weight excluding hydrogens is 192 g/mol. The topological polar surface area (TPSA) is 38.7 Å². The highest BCUT2D eigenvalue weighted by atomic mass is 16.6. The maximum Gasteiger partial charge on any atom is 0.0788 e. The Morgan fingerprint density at radius 3 is 2.33 bits per heavy atom. The van der Waals surface area contributed by atoms with Gasteiger partial charge in [-0.2, -0.15) is 0 Å². The minimum Gasteiger partial charge on any atom is -0.394 e. The van der Waals surface area contributed by atoms with E-state index in [0.29, 0.717) is 6.61 Å². The number of rotatable bonds is 6. The van der Waals surface area contributed by atoms with E-state index in [0.717, 1.165) is 12.8 Å². The van der Waals surface area contributed by atoms with Crippen LogP contribution >= 0.6 is 0 Å². The first kappa shape index (κ1) is 12.9. The summed E-state index contributed by atoms with van der Waals surface area (Å²) in [4.78, 5) is 0. The molecule has 0 aromatic heterocycles. The van der Waals surface area contributed by atoms with Gasteiger partial charge in [-0.25, -0.2) is 0 Å². The van der Waals surface area contributed by atoms with Crippen molar-refractivity contribution in [2.45, 2.75) is 64.3 Å². The molecule has 90 valence electrons. The number of aliphatic hydroxyl groups excluding tert-OH is 1. The zero-order valence-electron chi connectivity index (χ0n) is 10.2. The third-order valence-electron chi connectivity index (χ3n) is 3.02. The van der Waals surface area contributed by atoms with Crippen LogP contribution in [0.5, 0.6) is 0 Å². The second kappa shape index (κ2) is 5.83. The number of ether oxygens (including phenoxy) is 2. The lowest BCUT2D eigenvalue weighted by Crippen LogP contribution is -2.32. The molecule has 1 aliphatic carbocycles. The first-order chi connectivity index (χ1) is 7.06. The lowest BCUT2D eigenvalue weighted by Gasteiger charge is -2.29. The molecule has 0 aromatic carbocycles. The van der Waals surface area contributed by atoms with E-state index >= 15 is 0 Å². The zero-order chi connectivity index (χ0) is 11.3. The molecule has 3 nitrogen and oxygen atoms in total. The van der Waals surface area contributed by atoms with Gasteiger partial charge in [-0.05, 0) is 33.6 Å². The molecule has 0 aromatic rings. The molecule has 1 N–H and O–H groups in total. The van der Waals surface area contributed by atoms with E-state index in [4.69, 9.17) is 14.6 Å². The number of hydrogen-bond acceptors (Lipinski definition) is 3. The molecule has 0 radical (unpaired) electrons. The van der Waals surface area contributed by atoms with Crippen molar-refractivity contribution in [1.82, 2.24) is 0 Å². The number of aliphatic hydroxyl groups is 1. The van der Waals surface area contributed by atoms with Gasteiger partial charge in [0.25, 0.3) is 0 Å². The van der Waals surface area contributed by atoms with Gasteiger partial charge in [0.1, 0.15) is 0 Å².